The molecule has 0 aliphatic carbocycles. The average Bonchev–Trinajstić information content (AvgIpc) is 3.08. The Morgan fingerprint density at radius 2 is 1.61 bits per heavy atom. The van der Waals surface area contributed by atoms with Gasteiger partial charge in [-0.25, -0.2) is 4.79 Å². The van der Waals surface area contributed by atoms with Crippen LogP contribution in [0.15, 0.2) is 72.8 Å². The van der Waals surface area contributed by atoms with Crippen molar-refractivity contribution in [2.24, 2.45) is 5.73 Å². The van der Waals surface area contributed by atoms with Crippen LogP contribution in [0, 0.1) is 0 Å². The van der Waals surface area contributed by atoms with Crippen molar-refractivity contribution in [1.82, 2.24) is 4.57 Å². The van der Waals surface area contributed by atoms with E-state index in [1.54, 1.807) is 19.2 Å². The van der Waals surface area contributed by atoms with Crippen molar-refractivity contribution in [2.45, 2.75) is 12.6 Å². The van der Waals surface area contributed by atoms with E-state index in [4.69, 9.17) is 10.5 Å². The highest BCUT2D eigenvalue weighted by molar-refractivity contribution is 6.00. The number of primary amides is 1. The summed E-state index contributed by atoms with van der Waals surface area (Å²) >= 11 is 0. The Morgan fingerprint density at radius 3 is 2.26 bits per heavy atom. The van der Waals surface area contributed by atoms with Gasteiger partial charge >= 0.3 is 12.2 Å². The smallest absolute Gasteiger partial charge is 0.416 e. The zero-order valence-corrected chi connectivity index (χ0v) is 16.6. The van der Waals surface area contributed by atoms with Gasteiger partial charge in [-0.3, -0.25) is 4.57 Å². The molecule has 4 aromatic rings. The van der Waals surface area contributed by atoms with Crippen LogP contribution in [0.3, 0.4) is 0 Å². The van der Waals surface area contributed by atoms with Gasteiger partial charge in [0.2, 0.25) is 0 Å². The molecule has 1 aromatic heterocycles. The second-order valence-corrected chi connectivity index (χ2v) is 7.08. The lowest BCUT2D eigenvalue weighted by Crippen LogP contribution is -2.20. The number of nitrogens with two attached hydrogens (primary N) is 1. The van der Waals surface area contributed by atoms with Gasteiger partial charge in [0.25, 0.3) is 0 Å². The molecular formula is C24H19F3N2O2. The second-order valence-electron chi connectivity index (χ2n) is 7.08. The van der Waals surface area contributed by atoms with Crippen LogP contribution in [0.25, 0.3) is 22.2 Å². The highest BCUT2D eigenvalue weighted by Gasteiger charge is 2.30. The summed E-state index contributed by atoms with van der Waals surface area (Å²) in [6, 6.07) is 18.8. The molecule has 1 heterocycles. The number of alkyl halides is 3. The highest BCUT2D eigenvalue weighted by atomic mass is 19.4. The number of fused-ring (bicyclic) bond motifs is 1. The maximum absolute atomic E-state index is 13.1. The standard InChI is InChI=1S/C24H19F3N2O2/c1-31-21-9-5-2-6-16(21)14-19-18-7-3-4-8-20(18)29(23(28)30)22(19)15-10-12-17(13-11-15)24(25,26)27/h2-13H,14H2,1H3,(H2,28,30). The molecular weight excluding hydrogens is 405 g/mol. The van der Waals surface area contributed by atoms with Crippen molar-refractivity contribution in [3.63, 3.8) is 0 Å². The number of hydrogen-bond acceptors (Lipinski definition) is 2. The van der Waals surface area contributed by atoms with Crippen molar-refractivity contribution in [1.29, 1.82) is 0 Å². The van der Waals surface area contributed by atoms with E-state index in [-0.39, 0.29) is 0 Å². The van der Waals surface area contributed by atoms with E-state index in [1.165, 1.54) is 16.7 Å². The first-order valence-electron chi connectivity index (χ1n) is 9.53. The maximum Gasteiger partial charge on any atom is 0.416 e. The number of methoxy groups -OCH3 is 1. The average molecular weight is 424 g/mol. The number of hydrogen-bond donors (Lipinski definition) is 1. The number of carbonyl (C=O) groups excluding carboxylic acids is 1. The zero-order chi connectivity index (χ0) is 22.2. The molecule has 0 spiro atoms. The Bertz CT molecular complexity index is 1260. The number of amides is 1. The zero-order valence-electron chi connectivity index (χ0n) is 16.6. The fourth-order valence-electron chi connectivity index (χ4n) is 3.87. The molecule has 0 aliphatic heterocycles. The van der Waals surface area contributed by atoms with E-state index >= 15 is 0 Å². The summed E-state index contributed by atoms with van der Waals surface area (Å²) in [5.41, 5.74) is 8.12. The Labute approximate surface area is 176 Å². The summed E-state index contributed by atoms with van der Waals surface area (Å²) in [7, 11) is 1.57. The molecule has 31 heavy (non-hydrogen) atoms. The minimum Gasteiger partial charge on any atom is -0.496 e. The number of benzene rings is 3. The first-order chi connectivity index (χ1) is 14.8. The number of rotatable bonds is 4. The number of carbonyl (C=O) groups is 1. The highest BCUT2D eigenvalue weighted by Crippen LogP contribution is 2.38. The fourth-order valence-corrected chi connectivity index (χ4v) is 3.87. The number of nitrogens with zero attached hydrogens (tertiary/aromatic N) is 1. The molecule has 0 aliphatic rings. The van der Waals surface area contributed by atoms with Crippen LogP contribution < -0.4 is 10.5 Å². The molecule has 158 valence electrons. The van der Waals surface area contributed by atoms with Crippen molar-refractivity contribution in [2.75, 3.05) is 7.11 Å². The minimum atomic E-state index is -4.45. The summed E-state index contributed by atoms with van der Waals surface area (Å²) in [6.07, 6.45) is -4.05. The van der Waals surface area contributed by atoms with Crippen LogP contribution in [0.5, 0.6) is 5.75 Å². The van der Waals surface area contributed by atoms with E-state index in [0.717, 1.165) is 28.6 Å². The van der Waals surface area contributed by atoms with Gasteiger partial charge in [-0.1, -0.05) is 48.5 Å². The topological polar surface area (TPSA) is 57.2 Å². The van der Waals surface area contributed by atoms with Gasteiger partial charge in [0, 0.05) is 11.8 Å². The van der Waals surface area contributed by atoms with E-state index in [1.807, 2.05) is 36.4 Å². The lowest BCUT2D eigenvalue weighted by atomic mass is 9.97. The Balaban J connectivity index is 1.98. The summed E-state index contributed by atoms with van der Waals surface area (Å²) in [5, 5.41) is 0.794. The molecule has 3 aromatic carbocycles. The lowest BCUT2D eigenvalue weighted by Gasteiger charge is -2.13. The molecule has 7 heteroatoms. The van der Waals surface area contributed by atoms with Gasteiger partial charge in [0.1, 0.15) is 5.75 Å². The molecule has 0 bridgehead atoms. The predicted molar refractivity (Wildman–Crippen MR) is 113 cm³/mol. The first-order valence-corrected chi connectivity index (χ1v) is 9.53. The van der Waals surface area contributed by atoms with Crippen molar-refractivity contribution < 1.29 is 22.7 Å². The molecule has 0 radical (unpaired) electrons. The molecule has 2 N–H and O–H groups in total. The van der Waals surface area contributed by atoms with E-state index in [0.29, 0.717) is 28.9 Å². The van der Waals surface area contributed by atoms with E-state index in [9.17, 15) is 18.0 Å². The van der Waals surface area contributed by atoms with Gasteiger partial charge in [-0.15, -0.1) is 0 Å². The summed E-state index contributed by atoms with van der Waals surface area (Å²) in [4.78, 5) is 12.4. The summed E-state index contributed by atoms with van der Waals surface area (Å²) in [5.74, 6) is 0.678. The minimum absolute atomic E-state index is 0.404. The monoisotopic (exact) mass is 424 g/mol. The molecule has 0 atom stereocenters. The van der Waals surface area contributed by atoms with Gasteiger partial charge in [-0.2, -0.15) is 13.2 Å². The van der Waals surface area contributed by atoms with Crippen molar-refractivity contribution >= 4 is 16.9 Å². The quantitative estimate of drug-likeness (QED) is 0.447. The van der Waals surface area contributed by atoms with Gasteiger partial charge in [-0.05, 0) is 41.0 Å². The molecule has 0 fully saturated rings. The van der Waals surface area contributed by atoms with Crippen LogP contribution in [0.4, 0.5) is 18.0 Å². The van der Waals surface area contributed by atoms with Gasteiger partial charge in [0.15, 0.2) is 0 Å². The number of aromatic nitrogens is 1. The molecule has 0 saturated heterocycles. The van der Waals surface area contributed by atoms with Crippen LogP contribution >= 0.6 is 0 Å². The third-order valence-electron chi connectivity index (χ3n) is 5.25. The number of ether oxygens (including phenoxy) is 1. The maximum atomic E-state index is 13.1. The van der Waals surface area contributed by atoms with Crippen LogP contribution in [0.2, 0.25) is 0 Å². The molecule has 0 unspecified atom stereocenters. The van der Waals surface area contributed by atoms with Gasteiger partial charge < -0.3 is 10.5 Å². The Kier molecular flexibility index (Phi) is 5.19. The molecule has 4 rings (SSSR count). The van der Waals surface area contributed by atoms with Crippen LogP contribution in [-0.4, -0.2) is 17.7 Å². The number of para-hydroxylation sites is 2. The molecule has 1 amide bonds. The SMILES string of the molecule is COc1ccccc1Cc1c(-c2ccc(C(F)(F)F)cc2)n(C(N)=O)c2ccccc12. The van der Waals surface area contributed by atoms with Crippen LogP contribution in [0.1, 0.15) is 16.7 Å². The predicted octanol–water partition coefficient (Wildman–Crippen LogP) is 5.85. The largest absolute Gasteiger partial charge is 0.496 e. The van der Waals surface area contributed by atoms with Gasteiger partial charge in [0.05, 0.1) is 23.9 Å². The third-order valence-corrected chi connectivity index (χ3v) is 5.25. The first kappa shape index (κ1) is 20.5. The Morgan fingerprint density at radius 1 is 0.968 bits per heavy atom. The van der Waals surface area contributed by atoms with E-state index < -0.39 is 17.8 Å². The normalized spacial score (nSPS) is 11.6. The third kappa shape index (κ3) is 3.74. The summed E-state index contributed by atoms with van der Waals surface area (Å²) in [6.45, 7) is 0. The summed E-state index contributed by atoms with van der Waals surface area (Å²) < 4.78 is 46.0. The van der Waals surface area contributed by atoms with Crippen LogP contribution in [-0.2, 0) is 12.6 Å². The van der Waals surface area contributed by atoms with Crippen molar-refractivity contribution in [3.8, 4) is 17.0 Å². The second kappa shape index (κ2) is 7.83. The number of halogens is 3. The molecule has 4 nitrogen and oxygen atoms in total. The van der Waals surface area contributed by atoms with E-state index in [2.05, 4.69) is 0 Å². The molecule has 0 saturated carbocycles. The lowest BCUT2D eigenvalue weighted by molar-refractivity contribution is -0.137. The Hall–Kier alpha value is -3.74. The fraction of sp³-hybridized carbons (Fsp3) is 0.125. The van der Waals surface area contributed by atoms with Crippen molar-refractivity contribution in [3.05, 3.63) is 89.5 Å².